The summed E-state index contributed by atoms with van der Waals surface area (Å²) in [5.41, 5.74) is 1.09. The van der Waals surface area contributed by atoms with Gasteiger partial charge in [-0.3, -0.25) is 9.59 Å². The zero-order valence-corrected chi connectivity index (χ0v) is 12.4. The van der Waals surface area contributed by atoms with E-state index in [9.17, 15) is 14.0 Å². The minimum atomic E-state index is -0.564. The molecule has 1 aliphatic rings. The normalized spacial score (nSPS) is 17.3. The number of benzene rings is 2. The fourth-order valence-corrected chi connectivity index (χ4v) is 2.62. The zero-order chi connectivity index (χ0) is 16.2. The topological polar surface area (TPSA) is 46.6 Å². The summed E-state index contributed by atoms with van der Waals surface area (Å²) < 4.78 is 19.1. The summed E-state index contributed by atoms with van der Waals surface area (Å²) >= 11 is 0. The molecule has 2 aromatic rings. The highest BCUT2D eigenvalue weighted by molar-refractivity contribution is 5.99. The van der Waals surface area contributed by atoms with Gasteiger partial charge in [0.1, 0.15) is 12.4 Å². The van der Waals surface area contributed by atoms with E-state index in [1.165, 1.54) is 17.0 Å². The predicted octanol–water partition coefficient (Wildman–Crippen LogP) is 2.92. The van der Waals surface area contributed by atoms with Crippen molar-refractivity contribution in [2.75, 3.05) is 11.4 Å². The summed E-state index contributed by atoms with van der Waals surface area (Å²) in [5.74, 6) is -1.73. The van der Waals surface area contributed by atoms with Gasteiger partial charge in [-0.15, -0.1) is 0 Å². The van der Waals surface area contributed by atoms with E-state index in [-0.39, 0.29) is 31.2 Å². The van der Waals surface area contributed by atoms with E-state index in [0.29, 0.717) is 0 Å². The summed E-state index contributed by atoms with van der Waals surface area (Å²) in [6.07, 6.45) is 0.0436. The Morgan fingerprint density at radius 2 is 1.83 bits per heavy atom. The second-order valence-electron chi connectivity index (χ2n) is 5.45. The highest BCUT2D eigenvalue weighted by Crippen LogP contribution is 2.28. The third-order valence-electron chi connectivity index (χ3n) is 3.83. The van der Waals surface area contributed by atoms with Gasteiger partial charge in [-0.25, -0.2) is 4.39 Å². The number of amides is 1. The minimum absolute atomic E-state index is 0.0436. The predicted molar refractivity (Wildman–Crippen MR) is 83.1 cm³/mol. The molecule has 1 heterocycles. The van der Waals surface area contributed by atoms with Gasteiger partial charge in [0.25, 0.3) is 0 Å². The maximum Gasteiger partial charge on any atom is 0.311 e. The second-order valence-corrected chi connectivity index (χ2v) is 5.45. The van der Waals surface area contributed by atoms with Crippen molar-refractivity contribution in [3.05, 3.63) is 66.0 Å². The lowest BCUT2D eigenvalue weighted by atomic mass is 10.1. The van der Waals surface area contributed by atoms with Crippen LogP contribution >= 0.6 is 0 Å². The van der Waals surface area contributed by atoms with E-state index in [1.807, 2.05) is 30.3 Å². The summed E-state index contributed by atoms with van der Waals surface area (Å²) in [6.45, 7) is 0.317. The Balaban J connectivity index is 1.63. The molecule has 0 aliphatic carbocycles. The molecule has 0 saturated carbocycles. The number of anilines is 1. The molecule has 1 atom stereocenters. The van der Waals surface area contributed by atoms with Crippen molar-refractivity contribution in [3.8, 4) is 0 Å². The first-order valence-corrected chi connectivity index (χ1v) is 7.40. The van der Waals surface area contributed by atoms with E-state index >= 15 is 0 Å². The van der Waals surface area contributed by atoms with Gasteiger partial charge in [0.15, 0.2) is 0 Å². The van der Waals surface area contributed by atoms with Crippen molar-refractivity contribution < 1.29 is 18.7 Å². The van der Waals surface area contributed by atoms with Crippen molar-refractivity contribution in [1.29, 1.82) is 0 Å². The molecule has 1 amide bonds. The Morgan fingerprint density at radius 1 is 1.13 bits per heavy atom. The van der Waals surface area contributed by atoms with Crippen molar-refractivity contribution in [2.45, 2.75) is 13.0 Å². The monoisotopic (exact) mass is 313 g/mol. The molecule has 0 bridgehead atoms. The molecule has 2 aromatic carbocycles. The van der Waals surface area contributed by atoms with Gasteiger partial charge >= 0.3 is 5.97 Å². The summed E-state index contributed by atoms with van der Waals surface area (Å²) in [4.78, 5) is 25.5. The molecule has 0 radical (unpaired) electrons. The zero-order valence-electron chi connectivity index (χ0n) is 12.4. The molecule has 0 aromatic heterocycles. The molecule has 23 heavy (non-hydrogen) atoms. The number of carbonyl (C=O) groups excluding carboxylic acids is 2. The molecule has 1 saturated heterocycles. The van der Waals surface area contributed by atoms with Crippen molar-refractivity contribution >= 4 is 17.6 Å². The number of hydrogen-bond donors (Lipinski definition) is 0. The van der Waals surface area contributed by atoms with Crippen LogP contribution in [0.25, 0.3) is 0 Å². The van der Waals surface area contributed by atoms with Crippen LogP contribution in [0.5, 0.6) is 0 Å². The maximum absolute atomic E-state index is 13.8. The van der Waals surface area contributed by atoms with E-state index in [1.54, 1.807) is 12.1 Å². The number of hydrogen-bond acceptors (Lipinski definition) is 3. The quantitative estimate of drug-likeness (QED) is 0.815. The number of nitrogens with zero attached hydrogens (tertiary/aromatic N) is 1. The highest BCUT2D eigenvalue weighted by Gasteiger charge is 2.37. The van der Waals surface area contributed by atoms with Crippen molar-refractivity contribution in [3.63, 3.8) is 0 Å². The van der Waals surface area contributed by atoms with Crippen LogP contribution in [-0.2, 0) is 20.9 Å². The molecule has 0 spiro atoms. The number of halogens is 1. The first-order chi connectivity index (χ1) is 11.1. The summed E-state index contributed by atoms with van der Waals surface area (Å²) in [5, 5.41) is 0. The third kappa shape index (κ3) is 3.39. The van der Waals surface area contributed by atoms with Gasteiger partial charge in [-0.2, -0.15) is 0 Å². The molecule has 4 nitrogen and oxygen atoms in total. The van der Waals surface area contributed by atoms with Crippen LogP contribution in [0.1, 0.15) is 12.0 Å². The fourth-order valence-electron chi connectivity index (χ4n) is 2.62. The number of carbonyl (C=O) groups is 2. The van der Waals surface area contributed by atoms with Crippen LogP contribution < -0.4 is 4.90 Å². The minimum Gasteiger partial charge on any atom is -0.461 e. The molecule has 118 valence electrons. The molecule has 0 unspecified atom stereocenters. The molecule has 1 aliphatic heterocycles. The van der Waals surface area contributed by atoms with Gasteiger partial charge in [0, 0.05) is 13.0 Å². The highest BCUT2D eigenvalue weighted by atomic mass is 19.1. The summed E-state index contributed by atoms with van der Waals surface area (Å²) in [6, 6.07) is 15.4. The first kappa shape index (κ1) is 15.2. The standard InChI is InChI=1S/C18H16FNO3/c19-15-8-4-5-9-16(15)20-11-14(10-17(20)21)18(22)23-12-13-6-2-1-3-7-13/h1-9,14H,10-12H2/t14-/m1/s1. The van der Waals surface area contributed by atoms with Crippen LogP contribution in [0.4, 0.5) is 10.1 Å². The lowest BCUT2D eigenvalue weighted by Gasteiger charge is -2.17. The van der Waals surface area contributed by atoms with Crippen LogP contribution in [0.2, 0.25) is 0 Å². The average molecular weight is 313 g/mol. The third-order valence-corrected chi connectivity index (χ3v) is 3.83. The van der Waals surface area contributed by atoms with Crippen LogP contribution in [0, 0.1) is 11.7 Å². The Bertz CT molecular complexity index is 717. The van der Waals surface area contributed by atoms with Gasteiger partial charge in [0.2, 0.25) is 5.91 Å². The van der Waals surface area contributed by atoms with E-state index in [0.717, 1.165) is 5.56 Å². The molecule has 3 rings (SSSR count). The lowest BCUT2D eigenvalue weighted by Crippen LogP contribution is -2.27. The average Bonchev–Trinajstić information content (AvgIpc) is 2.96. The SMILES string of the molecule is O=C(OCc1ccccc1)[C@@H]1CC(=O)N(c2ccccc2F)C1. The second kappa shape index (κ2) is 6.60. The molecule has 5 heteroatoms. The Hall–Kier alpha value is -2.69. The molecule has 0 N–H and O–H groups in total. The lowest BCUT2D eigenvalue weighted by molar-refractivity contribution is -0.149. The van der Waals surface area contributed by atoms with Gasteiger partial charge in [-0.05, 0) is 17.7 Å². The maximum atomic E-state index is 13.8. The van der Waals surface area contributed by atoms with Crippen LogP contribution in [-0.4, -0.2) is 18.4 Å². The Morgan fingerprint density at radius 3 is 2.57 bits per heavy atom. The van der Waals surface area contributed by atoms with E-state index in [2.05, 4.69) is 0 Å². The number of ether oxygens (including phenoxy) is 1. The van der Waals surface area contributed by atoms with E-state index < -0.39 is 17.7 Å². The van der Waals surface area contributed by atoms with Gasteiger partial charge in [0.05, 0.1) is 11.6 Å². The number of para-hydroxylation sites is 1. The largest absolute Gasteiger partial charge is 0.461 e. The van der Waals surface area contributed by atoms with E-state index in [4.69, 9.17) is 4.74 Å². The molecular formula is C18H16FNO3. The van der Waals surface area contributed by atoms with Crippen LogP contribution in [0.3, 0.4) is 0 Å². The number of esters is 1. The number of rotatable bonds is 4. The van der Waals surface area contributed by atoms with Gasteiger partial charge < -0.3 is 9.64 Å². The molecule has 1 fully saturated rings. The van der Waals surface area contributed by atoms with Crippen molar-refractivity contribution in [2.24, 2.45) is 5.92 Å². The van der Waals surface area contributed by atoms with Crippen molar-refractivity contribution in [1.82, 2.24) is 0 Å². The molecular weight excluding hydrogens is 297 g/mol. The van der Waals surface area contributed by atoms with Crippen LogP contribution in [0.15, 0.2) is 54.6 Å². The first-order valence-electron chi connectivity index (χ1n) is 7.40. The Kier molecular flexibility index (Phi) is 4.37. The Labute approximate surface area is 133 Å². The van der Waals surface area contributed by atoms with Gasteiger partial charge in [-0.1, -0.05) is 42.5 Å². The fraction of sp³-hybridized carbons (Fsp3) is 0.222. The smallest absolute Gasteiger partial charge is 0.311 e. The summed E-state index contributed by atoms with van der Waals surface area (Å²) in [7, 11) is 0.